The second-order valence-corrected chi connectivity index (χ2v) is 15.7. The molecular formula is C44H30OSi. The summed E-state index contributed by atoms with van der Waals surface area (Å²) in [4.78, 5) is 0. The predicted molar refractivity (Wildman–Crippen MR) is 195 cm³/mol. The highest BCUT2D eigenvalue weighted by Crippen LogP contribution is 2.45. The summed E-state index contributed by atoms with van der Waals surface area (Å²) in [5.74, 6) is 1.83. The van der Waals surface area contributed by atoms with Gasteiger partial charge in [-0.05, 0) is 43.0 Å². The molecule has 0 unspecified atom stereocenters. The second-order valence-electron chi connectivity index (χ2n) is 12.0. The molecule has 0 aliphatic carbocycles. The van der Waals surface area contributed by atoms with Crippen LogP contribution in [0.3, 0.4) is 0 Å². The van der Waals surface area contributed by atoms with Crippen LogP contribution in [0, 0.1) is 0 Å². The first-order valence-corrected chi connectivity index (χ1v) is 17.9. The van der Waals surface area contributed by atoms with Crippen LogP contribution in [0.15, 0.2) is 186 Å². The van der Waals surface area contributed by atoms with Crippen LogP contribution >= 0.6 is 0 Å². The van der Waals surface area contributed by atoms with Crippen LogP contribution in [-0.4, -0.2) is 8.07 Å². The van der Waals surface area contributed by atoms with Gasteiger partial charge in [-0.3, -0.25) is 0 Å². The lowest BCUT2D eigenvalue weighted by Gasteiger charge is -2.31. The van der Waals surface area contributed by atoms with Crippen LogP contribution in [-0.2, 0) is 0 Å². The predicted octanol–water partition coefficient (Wildman–Crippen LogP) is 8.79. The quantitative estimate of drug-likeness (QED) is 0.180. The highest BCUT2D eigenvalue weighted by Gasteiger charge is 2.49. The summed E-state index contributed by atoms with van der Waals surface area (Å²) < 4.78 is 7.13. The Morgan fingerprint density at radius 1 is 0.326 bits per heavy atom. The molecule has 0 saturated carbocycles. The first-order valence-electron chi connectivity index (χ1n) is 15.9. The molecule has 7 aromatic carbocycles. The Balaban J connectivity index is 1.35. The van der Waals surface area contributed by atoms with Crippen molar-refractivity contribution >= 4 is 39.6 Å². The molecule has 2 heterocycles. The zero-order valence-electron chi connectivity index (χ0n) is 25.2. The Morgan fingerprint density at radius 2 is 0.783 bits per heavy atom. The van der Waals surface area contributed by atoms with Crippen LogP contribution in [0.4, 0.5) is 0 Å². The maximum absolute atomic E-state index is 7.13. The molecule has 2 heteroatoms. The maximum atomic E-state index is 7.13. The van der Waals surface area contributed by atoms with Gasteiger partial charge >= 0.3 is 0 Å². The Bertz CT molecular complexity index is 2310. The topological polar surface area (TPSA) is 13.1 Å². The molecule has 0 radical (unpaired) electrons. The van der Waals surface area contributed by atoms with Crippen molar-refractivity contribution in [1.29, 1.82) is 0 Å². The average Bonchev–Trinajstić information content (AvgIpc) is 3.67. The maximum Gasteiger partial charge on any atom is 0.180 e. The average molecular weight is 603 g/mol. The van der Waals surface area contributed by atoms with Crippen LogP contribution < -0.4 is 20.7 Å². The second kappa shape index (κ2) is 10.7. The molecule has 0 spiro atoms. The minimum absolute atomic E-state index is 0.906. The molecule has 0 N–H and O–H groups in total. The van der Waals surface area contributed by atoms with Crippen molar-refractivity contribution in [3.05, 3.63) is 182 Å². The van der Waals surface area contributed by atoms with E-state index in [0.717, 1.165) is 39.0 Å². The van der Waals surface area contributed by atoms with E-state index in [9.17, 15) is 0 Å². The van der Waals surface area contributed by atoms with E-state index in [4.69, 9.17) is 4.42 Å². The van der Waals surface area contributed by atoms with Gasteiger partial charge in [-0.15, -0.1) is 0 Å². The van der Waals surface area contributed by atoms with Crippen molar-refractivity contribution in [2.45, 2.75) is 0 Å². The standard InChI is InChI=1S/C44H30OSi/c1-4-17-31(18-5-1)34-23-10-11-24-35(34)43-36-25-12-13-26-37(36)44(45-43)39-28-16-30-41-42(39)38-27-14-15-29-40(38)46(41,32-19-6-2-7-20-32)33-21-8-3-9-22-33/h1-30H. The van der Waals surface area contributed by atoms with Crippen LogP contribution in [0.2, 0.25) is 0 Å². The molecule has 1 aliphatic rings. The highest BCUT2D eigenvalue weighted by atomic mass is 28.3. The Hall–Kier alpha value is -5.70. The van der Waals surface area contributed by atoms with E-state index in [-0.39, 0.29) is 0 Å². The van der Waals surface area contributed by atoms with E-state index in [0.29, 0.717) is 0 Å². The van der Waals surface area contributed by atoms with Gasteiger partial charge in [0.25, 0.3) is 0 Å². The van der Waals surface area contributed by atoms with E-state index in [1.807, 2.05) is 0 Å². The summed E-state index contributed by atoms with van der Waals surface area (Å²) >= 11 is 0. The minimum Gasteiger partial charge on any atom is -0.455 e. The van der Waals surface area contributed by atoms with Crippen molar-refractivity contribution in [3.8, 4) is 44.9 Å². The number of fused-ring (bicyclic) bond motifs is 4. The van der Waals surface area contributed by atoms with Gasteiger partial charge in [0.1, 0.15) is 11.5 Å². The number of rotatable bonds is 5. The number of furan rings is 1. The van der Waals surface area contributed by atoms with E-state index in [1.54, 1.807) is 0 Å². The summed E-state index contributed by atoms with van der Waals surface area (Å²) in [6.07, 6.45) is 0. The summed E-state index contributed by atoms with van der Waals surface area (Å²) in [7, 11) is -2.61. The van der Waals surface area contributed by atoms with Gasteiger partial charge in [0.05, 0.1) is 0 Å². The van der Waals surface area contributed by atoms with Crippen LogP contribution in [0.1, 0.15) is 0 Å². The summed E-state index contributed by atoms with van der Waals surface area (Å²) in [5.41, 5.74) is 7.18. The van der Waals surface area contributed by atoms with Crippen molar-refractivity contribution in [1.82, 2.24) is 0 Å². The third kappa shape index (κ3) is 3.87. The van der Waals surface area contributed by atoms with Crippen LogP contribution in [0.5, 0.6) is 0 Å². The lowest BCUT2D eigenvalue weighted by atomic mass is 9.95. The summed E-state index contributed by atoms with van der Waals surface area (Å²) in [5, 5.41) is 7.89. The Labute approximate surface area is 270 Å². The molecule has 0 amide bonds. The fraction of sp³-hybridized carbons (Fsp3) is 0. The molecule has 1 nitrogen and oxygen atoms in total. The largest absolute Gasteiger partial charge is 0.455 e. The van der Waals surface area contributed by atoms with E-state index in [2.05, 4.69) is 182 Å². The van der Waals surface area contributed by atoms with Gasteiger partial charge in [0, 0.05) is 21.9 Å². The molecule has 0 fully saturated rings. The third-order valence-corrected chi connectivity index (χ3v) is 14.5. The van der Waals surface area contributed by atoms with Gasteiger partial charge in [-0.1, -0.05) is 182 Å². The highest BCUT2D eigenvalue weighted by molar-refractivity contribution is 7.22. The van der Waals surface area contributed by atoms with Gasteiger partial charge in [0.2, 0.25) is 0 Å². The molecule has 0 bridgehead atoms. The molecule has 216 valence electrons. The van der Waals surface area contributed by atoms with Crippen molar-refractivity contribution in [3.63, 3.8) is 0 Å². The molecule has 0 atom stereocenters. The lowest BCUT2D eigenvalue weighted by molar-refractivity contribution is 0.602. The summed E-state index contributed by atoms with van der Waals surface area (Å²) in [6.45, 7) is 0. The van der Waals surface area contributed by atoms with Gasteiger partial charge in [-0.25, -0.2) is 0 Å². The molecule has 1 aliphatic heterocycles. The Kier molecular flexibility index (Phi) is 6.22. The molecule has 1 aromatic heterocycles. The smallest absolute Gasteiger partial charge is 0.180 e. The van der Waals surface area contributed by atoms with Crippen molar-refractivity contribution in [2.75, 3.05) is 0 Å². The third-order valence-electron chi connectivity index (χ3n) is 9.60. The van der Waals surface area contributed by atoms with E-state index in [1.165, 1.54) is 37.4 Å². The first-order chi connectivity index (χ1) is 22.9. The van der Waals surface area contributed by atoms with Crippen LogP contribution in [0.25, 0.3) is 55.7 Å². The molecular weight excluding hydrogens is 573 g/mol. The minimum atomic E-state index is -2.61. The number of hydrogen-bond donors (Lipinski definition) is 0. The first kappa shape index (κ1) is 26.7. The fourth-order valence-electron chi connectivity index (χ4n) is 7.72. The normalized spacial score (nSPS) is 13.0. The molecule has 0 saturated heterocycles. The monoisotopic (exact) mass is 602 g/mol. The lowest BCUT2D eigenvalue weighted by Crippen LogP contribution is -2.72. The summed E-state index contributed by atoms with van der Waals surface area (Å²) in [6, 6.07) is 66.1. The van der Waals surface area contributed by atoms with Crippen molar-refractivity contribution in [2.24, 2.45) is 0 Å². The molecule has 9 rings (SSSR count). The van der Waals surface area contributed by atoms with Gasteiger partial charge in [0.15, 0.2) is 8.07 Å². The Morgan fingerprint density at radius 3 is 1.43 bits per heavy atom. The molecule has 46 heavy (non-hydrogen) atoms. The van der Waals surface area contributed by atoms with E-state index >= 15 is 0 Å². The zero-order valence-corrected chi connectivity index (χ0v) is 26.2. The number of hydrogen-bond acceptors (Lipinski definition) is 1. The van der Waals surface area contributed by atoms with Gasteiger partial charge in [-0.2, -0.15) is 0 Å². The van der Waals surface area contributed by atoms with E-state index < -0.39 is 8.07 Å². The van der Waals surface area contributed by atoms with Gasteiger partial charge < -0.3 is 4.42 Å². The van der Waals surface area contributed by atoms with Crippen molar-refractivity contribution < 1.29 is 4.42 Å². The SMILES string of the molecule is c1ccc(-c2ccccc2-c2oc(-c3cccc4c3-c3ccccc3[Si]4(c3ccccc3)c3ccccc3)c3ccccc23)cc1. The zero-order chi connectivity index (χ0) is 30.5. The molecule has 8 aromatic rings. The fourth-order valence-corrected chi connectivity index (χ4v) is 12.9. The number of benzene rings is 7.